The van der Waals surface area contributed by atoms with Crippen LogP contribution in [0.5, 0.6) is 0 Å². The quantitative estimate of drug-likeness (QED) is 0.833. The van der Waals surface area contributed by atoms with Gasteiger partial charge in [-0.15, -0.1) is 0 Å². The van der Waals surface area contributed by atoms with E-state index in [-0.39, 0.29) is 11.5 Å². The van der Waals surface area contributed by atoms with Crippen molar-refractivity contribution in [2.75, 3.05) is 0 Å². The molecule has 0 spiro atoms. The van der Waals surface area contributed by atoms with Gasteiger partial charge in [-0.05, 0) is 57.2 Å². The summed E-state index contributed by atoms with van der Waals surface area (Å²) in [6.07, 6.45) is 0. The van der Waals surface area contributed by atoms with Crippen molar-refractivity contribution in [3.8, 4) is 6.07 Å². The first-order chi connectivity index (χ1) is 11.7. The molecule has 0 saturated carbocycles. The molecule has 0 aromatic heterocycles. The number of carbonyl (C=O) groups excluding carboxylic acids is 2. The summed E-state index contributed by atoms with van der Waals surface area (Å²) in [6, 6.07) is 14.9. The zero-order chi connectivity index (χ0) is 18.6. The third-order valence-corrected chi connectivity index (χ3v) is 3.80. The minimum absolute atomic E-state index is 0.283. The smallest absolute Gasteiger partial charge is 0.267 e. The van der Waals surface area contributed by atoms with Gasteiger partial charge >= 0.3 is 0 Å². The van der Waals surface area contributed by atoms with E-state index in [4.69, 9.17) is 16.9 Å². The zero-order valence-electron chi connectivity index (χ0n) is 14.2. The van der Waals surface area contributed by atoms with E-state index in [9.17, 15) is 9.59 Å². The predicted octanol–water partition coefficient (Wildman–Crippen LogP) is 3.80. The minimum Gasteiger partial charge on any atom is -0.267 e. The molecule has 0 bridgehead atoms. The van der Waals surface area contributed by atoms with Crippen molar-refractivity contribution in [3.63, 3.8) is 0 Å². The highest BCUT2D eigenvalue weighted by atomic mass is 35.5. The second-order valence-corrected chi connectivity index (χ2v) is 6.83. The van der Waals surface area contributed by atoms with E-state index < -0.39 is 11.4 Å². The fourth-order valence-electron chi connectivity index (χ4n) is 2.15. The average molecular weight is 356 g/mol. The van der Waals surface area contributed by atoms with Crippen LogP contribution in [0.15, 0.2) is 48.5 Å². The number of nitrogens with zero attached hydrogens (tertiary/aromatic N) is 2. The highest BCUT2D eigenvalue weighted by molar-refractivity contribution is 6.33. The van der Waals surface area contributed by atoms with Gasteiger partial charge in [0, 0.05) is 5.56 Å². The Hall–Kier alpha value is -2.84. The van der Waals surface area contributed by atoms with Gasteiger partial charge in [-0.2, -0.15) is 5.26 Å². The van der Waals surface area contributed by atoms with Crippen molar-refractivity contribution in [1.29, 1.82) is 5.26 Å². The van der Waals surface area contributed by atoms with Crippen molar-refractivity contribution >= 4 is 23.4 Å². The second-order valence-electron chi connectivity index (χ2n) is 6.42. The number of benzene rings is 2. The van der Waals surface area contributed by atoms with Gasteiger partial charge < -0.3 is 0 Å². The average Bonchev–Trinajstić information content (AvgIpc) is 2.58. The first kappa shape index (κ1) is 18.5. The topological polar surface area (TPSA) is 73.2 Å². The summed E-state index contributed by atoms with van der Waals surface area (Å²) in [5.74, 6) is -0.847. The lowest BCUT2D eigenvalue weighted by molar-refractivity contribution is 0.0358. The molecule has 128 valence electrons. The maximum absolute atomic E-state index is 12.8. The third-order valence-electron chi connectivity index (χ3n) is 3.47. The Bertz CT molecular complexity index is 833. The van der Waals surface area contributed by atoms with Crippen molar-refractivity contribution in [3.05, 3.63) is 70.2 Å². The van der Waals surface area contributed by atoms with Crippen molar-refractivity contribution < 1.29 is 9.59 Å². The molecule has 2 rings (SSSR count). The molecule has 6 heteroatoms. The van der Waals surface area contributed by atoms with E-state index in [2.05, 4.69) is 5.43 Å². The molecule has 0 unspecified atom stereocenters. The summed E-state index contributed by atoms with van der Waals surface area (Å²) in [5.41, 5.74) is 3.08. The molecule has 25 heavy (non-hydrogen) atoms. The van der Waals surface area contributed by atoms with Crippen LogP contribution in [0.3, 0.4) is 0 Å². The number of halogens is 1. The van der Waals surface area contributed by atoms with Crippen LogP contribution >= 0.6 is 11.6 Å². The Kier molecular flexibility index (Phi) is 5.45. The minimum atomic E-state index is -0.665. The number of nitrogens with one attached hydrogen (secondary N) is 1. The molecule has 2 aromatic carbocycles. The summed E-state index contributed by atoms with van der Waals surface area (Å²) in [4.78, 5) is 25.4. The van der Waals surface area contributed by atoms with Crippen molar-refractivity contribution in [2.24, 2.45) is 0 Å². The Morgan fingerprint density at radius 2 is 1.68 bits per heavy atom. The van der Waals surface area contributed by atoms with Crippen LogP contribution in [0.4, 0.5) is 0 Å². The monoisotopic (exact) mass is 355 g/mol. The summed E-state index contributed by atoms with van der Waals surface area (Å²) in [5, 5.41) is 10.4. The lowest BCUT2D eigenvalue weighted by Gasteiger charge is -2.35. The van der Waals surface area contributed by atoms with Gasteiger partial charge in [-0.25, -0.2) is 5.01 Å². The summed E-state index contributed by atoms with van der Waals surface area (Å²) in [7, 11) is 0. The summed E-state index contributed by atoms with van der Waals surface area (Å²) < 4.78 is 0. The Morgan fingerprint density at radius 3 is 2.20 bits per heavy atom. The Morgan fingerprint density at radius 1 is 1.08 bits per heavy atom. The highest BCUT2D eigenvalue weighted by Gasteiger charge is 2.30. The molecule has 0 aliphatic carbocycles. The Balaban J connectivity index is 2.30. The number of hydrogen-bond donors (Lipinski definition) is 1. The SMILES string of the molecule is CC(C)(C)N(NC(=O)c1ccccc1Cl)C(=O)c1ccc(C#N)cc1. The molecule has 2 amide bonds. The fraction of sp³-hybridized carbons (Fsp3) is 0.211. The number of hydrazine groups is 1. The van der Waals surface area contributed by atoms with Crippen LogP contribution in [0.1, 0.15) is 47.1 Å². The molecule has 5 nitrogen and oxygen atoms in total. The number of nitriles is 1. The van der Waals surface area contributed by atoms with Crippen LogP contribution in [-0.2, 0) is 0 Å². The van der Waals surface area contributed by atoms with Crippen LogP contribution < -0.4 is 5.43 Å². The van der Waals surface area contributed by atoms with Crippen LogP contribution in [0, 0.1) is 11.3 Å². The molecule has 1 N–H and O–H groups in total. The van der Waals surface area contributed by atoms with Gasteiger partial charge in [0.15, 0.2) is 0 Å². The van der Waals surface area contributed by atoms with Crippen LogP contribution in [0.2, 0.25) is 5.02 Å². The van der Waals surface area contributed by atoms with Crippen molar-refractivity contribution in [2.45, 2.75) is 26.3 Å². The highest BCUT2D eigenvalue weighted by Crippen LogP contribution is 2.19. The van der Waals surface area contributed by atoms with E-state index in [1.807, 2.05) is 6.07 Å². The molecular weight excluding hydrogens is 338 g/mol. The number of amides is 2. The van der Waals surface area contributed by atoms with E-state index in [0.29, 0.717) is 16.1 Å². The number of carbonyl (C=O) groups is 2. The van der Waals surface area contributed by atoms with E-state index in [1.54, 1.807) is 69.3 Å². The third kappa shape index (κ3) is 4.37. The van der Waals surface area contributed by atoms with Gasteiger partial charge in [-0.3, -0.25) is 15.0 Å². The van der Waals surface area contributed by atoms with E-state index in [0.717, 1.165) is 0 Å². The largest absolute Gasteiger partial charge is 0.272 e. The fourth-order valence-corrected chi connectivity index (χ4v) is 2.37. The zero-order valence-corrected chi connectivity index (χ0v) is 15.0. The molecule has 0 fully saturated rings. The van der Waals surface area contributed by atoms with Crippen molar-refractivity contribution in [1.82, 2.24) is 10.4 Å². The first-order valence-corrected chi connectivity index (χ1v) is 8.02. The van der Waals surface area contributed by atoms with Crippen LogP contribution in [0.25, 0.3) is 0 Å². The Labute approximate surface area is 151 Å². The molecule has 0 radical (unpaired) electrons. The second kappa shape index (κ2) is 7.37. The van der Waals surface area contributed by atoms with Gasteiger partial charge in [0.1, 0.15) is 0 Å². The lowest BCUT2D eigenvalue weighted by Crippen LogP contribution is -2.55. The standard InChI is InChI=1S/C19H18ClN3O2/c1-19(2,3)23(18(25)14-10-8-13(12-21)9-11-14)22-17(24)15-6-4-5-7-16(15)20/h4-11H,1-3H3,(H,22,24). The lowest BCUT2D eigenvalue weighted by atomic mass is 10.1. The molecule has 0 aliphatic heterocycles. The normalized spacial score (nSPS) is 10.7. The maximum atomic E-state index is 12.8. The van der Waals surface area contributed by atoms with E-state index >= 15 is 0 Å². The molecule has 0 atom stereocenters. The van der Waals surface area contributed by atoms with Gasteiger partial charge in [-0.1, -0.05) is 23.7 Å². The number of rotatable bonds is 2. The predicted molar refractivity (Wildman–Crippen MR) is 96.0 cm³/mol. The summed E-state index contributed by atoms with van der Waals surface area (Å²) >= 11 is 6.05. The molecule has 2 aromatic rings. The molecule has 0 saturated heterocycles. The molecular formula is C19H18ClN3O2. The van der Waals surface area contributed by atoms with Gasteiger partial charge in [0.25, 0.3) is 11.8 Å². The molecule has 0 heterocycles. The number of hydrogen-bond acceptors (Lipinski definition) is 3. The first-order valence-electron chi connectivity index (χ1n) is 7.64. The van der Waals surface area contributed by atoms with Gasteiger partial charge in [0.05, 0.1) is 27.8 Å². The van der Waals surface area contributed by atoms with Gasteiger partial charge in [0.2, 0.25) is 0 Å². The molecule has 0 aliphatic rings. The van der Waals surface area contributed by atoms with E-state index in [1.165, 1.54) is 5.01 Å². The van der Waals surface area contributed by atoms with Crippen LogP contribution in [-0.4, -0.2) is 22.4 Å². The maximum Gasteiger partial charge on any atom is 0.272 e. The summed E-state index contributed by atoms with van der Waals surface area (Å²) in [6.45, 7) is 5.42.